The number of fused-ring (bicyclic) bond motifs is 1. The van der Waals surface area contributed by atoms with Gasteiger partial charge in [-0.1, -0.05) is 25.4 Å². The number of amides is 1. The van der Waals surface area contributed by atoms with E-state index in [0.717, 1.165) is 36.7 Å². The number of anilines is 2. The van der Waals surface area contributed by atoms with Crippen LogP contribution in [0.1, 0.15) is 38.4 Å². The summed E-state index contributed by atoms with van der Waals surface area (Å²) >= 11 is 6.17. The summed E-state index contributed by atoms with van der Waals surface area (Å²) in [4.78, 5) is 15.0. The molecule has 1 atom stereocenters. The van der Waals surface area contributed by atoms with Crippen LogP contribution in [0.3, 0.4) is 0 Å². The molecule has 2 aromatic heterocycles. The molecule has 4 rings (SSSR count). The lowest BCUT2D eigenvalue weighted by atomic mass is 9.97. The molecule has 3 aromatic rings. The molecule has 158 valence electrons. The van der Waals surface area contributed by atoms with Crippen molar-refractivity contribution in [3.05, 3.63) is 41.2 Å². The Bertz CT molecular complexity index is 1070. The molecule has 30 heavy (non-hydrogen) atoms. The van der Waals surface area contributed by atoms with E-state index in [1.54, 1.807) is 29.8 Å². The van der Waals surface area contributed by atoms with Crippen LogP contribution in [0.5, 0.6) is 5.75 Å². The predicted octanol–water partition coefficient (Wildman–Crippen LogP) is 3.76. The van der Waals surface area contributed by atoms with Crippen LogP contribution in [-0.2, 0) is 4.79 Å². The maximum absolute atomic E-state index is 12.9. The van der Waals surface area contributed by atoms with Crippen molar-refractivity contribution in [2.45, 2.75) is 32.6 Å². The number of nitrogens with zero attached hydrogens (tertiary/aromatic N) is 5. The zero-order chi connectivity index (χ0) is 21.3. The quantitative estimate of drug-likeness (QED) is 0.666. The van der Waals surface area contributed by atoms with E-state index in [1.165, 1.54) is 0 Å². The van der Waals surface area contributed by atoms with Gasteiger partial charge in [0.15, 0.2) is 11.5 Å². The summed E-state index contributed by atoms with van der Waals surface area (Å²) in [6, 6.07) is 9.10. The number of carbonyl (C=O) groups is 1. The molecule has 1 fully saturated rings. The van der Waals surface area contributed by atoms with E-state index in [9.17, 15) is 4.79 Å². The zero-order valence-corrected chi connectivity index (χ0v) is 18.1. The first kappa shape index (κ1) is 20.4. The standard InChI is InChI=1S/C21H25ClN6O2/c1-13(2)20-25-24-18-8-9-19(26-28(18)20)27-10-4-5-14(12-27)21(29)23-15-6-7-17(30-3)16(22)11-15/h6-9,11,13-14H,4-5,10,12H2,1-3H3,(H,23,29)/t14-/m0/s1. The maximum Gasteiger partial charge on any atom is 0.229 e. The molecular formula is C21H25ClN6O2. The SMILES string of the molecule is COc1ccc(NC(=O)[C@H]2CCCN(c3ccc4nnc(C(C)C)n4n3)C2)cc1Cl. The minimum atomic E-state index is -0.136. The lowest BCUT2D eigenvalue weighted by Crippen LogP contribution is -2.41. The van der Waals surface area contributed by atoms with Crippen LogP contribution in [0.25, 0.3) is 5.65 Å². The molecular weight excluding hydrogens is 404 g/mol. The number of aromatic nitrogens is 4. The van der Waals surface area contributed by atoms with E-state index < -0.39 is 0 Å². The fraction of sp³-hybridized carbons (Fsp3) is 0.429. The van der Waals surface area contributed by atoms with E-state index in [1.807, 2.05) is 12.1 Å². The summed E-state index contributed by atoms with van der Waals surface area (Å²) in [5.74, 6) is 2.30. The van der Waals surface area contributed by atoms with Crippen molar-refractivity contribution in [1.82, 2.24) is 19.8 Å². The molecule has 8 nitrogen and oxygen atoms in total. The minimum absolute atomic E-state index is 0.0193. The average Bonchev–Trinajstić information content (AvgIpc) is 3.17. The molecule has 1 saturated heterocycles. The number of hydrogen-bond acceptors (Lipinski definition) is 6. The van der Waals surface area contributed by atoms with Crippen LogP contribution in [0.2, 0.25) is 5.02 Å². The Hall–Kier alpha value is -2.87. The number of benzene rings is 1. The third kappa shape index (κ3) is 4.05. The number of methoxy groups -OCH3 is 1. The molecule has 0 bridgehead atoms. The predicted molar refractivity (Wildman–Crippen MR) is 116 cm³/mol. The van der Waals surface area contributed by atoms with E-state index >= 15 is 0 Å². The second-order valence-electron chi connectivity index (χ2n) is 7.80. The van der Waals surface area contributed by atoms with Crippen molar-refractivity contribution in [2.75, 3.05) is 30.4 Å². The second-order valence-corrected chi connectivity index (χ2v) is 8.21. The van der Waals surface area contributed by atoms with E-state index in [4.69, 9.17) is 21.4 Å². The van der Waals surface area contributed by atoms with Gasteiger partial charge in [0, 0.05) is 24.7 Å². The summed E-state index contributed by atoms with van der Waals surface area (Å²) in [6.45, 7) is 5.60. The van der Waals surface area contributed by atoms with Crippen molar-refractivity contribution in [3.63, 3.8) is 0 Å². The molecule has 1 aliphatic rings. The average molecular weight is 429 g/mol. The number of halogens is 1. The Morgan fingerprint density at radius 1 is 1.27 bits per heavy atom. The number of rotatable bonds is 5. The lowest BCUT2D eigenvalue weighted by molar-refractivity contribution is -0.120. The highest BCUT2D eigenvalue weighted by molar-refractivity contribution is 6.32. The Morgan fingerprint density at radius 2 is 2.10 bits per heavy atom. The minimum Gasteiger partial charge on any atom is -0.495 e. The van der Waals surface area contributed by atoms with Gasteiger partial charge in [-0.2, -0.15) is 4.52 Å². The van der Waals surface area contributed by atoms with Gasteiger partial charge in [0.05, 0.1) is 18.1 Å². The molecule has 1 aromatic carbocycles. The van der Waals surface area contributed by atoms with Crippen molar-refractivity contribution in [2.24, 2.45) is 5.92 Å². The topological polar surface area (TPSA) is 84.6 Å². The monoisotopic (exact) mass is 428 g/mol. The number of ether oxygens (including phenoxy) is 1. The Labute approximate surface area is 180 Å². The fourth-order valence-corrected chi connectivity index (χ4v) is 3.97. The van der Waals surface area contributed by atoms with Crippen molar-refractivity contribution in [3.8, 4) is 5.75 Å². The molecule has 9 heteroatoms. The second kappa shape index (κ2) is 8.47. The largest absolute Gasteiger partial charge is 0.495 e. The zero-order valence-electron chi connectivity index (χ0n) is 17.3. The first-order chi connectivity index (χ1) is 14.5. The van der Waals surface area contributed by atoms with Gasteiger partial charge in [-0.15, -0.1) is 15.3 Å². The van der Waals surface area contributed by atoms with Gasteiger partial charge in [0.2, 0.25) is 5.91 Å². The smallest absolute Gasteiger partial charge is 0.229 e. The summed E-state index contributed by atoms with van der Waals surface area (Å²) in [7, 11) is 1.56. The van der Waals surface area contributed by atoms with Gasteiger partial charge < -0.3 is 15.0 Å². The highest BCUT2D eigenvalue weighted by atomic mass is 35.5. The molecule has 1 amide bonds. The first-order valence-corrected chi connectivity index (χ1v) is 10.5. The molecule has 0 spiro atoms. The molecule has 1 aliphatic heterocycles. The van der Waals surface area contributed by atoms with Crippen molar-refractivity contribution < 1.29 is 9.53 Å². The number of nitrogens with one attached hydrogen (secondary N) is 1. The van der Waals surface area contributed by atoms with Gasteiger partial charge in [-0.25, -0.2) is 0 Å². The fourth-order valence-electron chi connectivity index (χ4n) is 3.71. The van der Waals surface area contributed by atoms with E-state index in [2.05, 4.69) is 34.3 Å². The lowest BCUT2D eigenvalue weighted by Gasteiger charge is -2.32. The van der Waals surface area contributed by atoms with Gasteiger partial charge in [0.1, 0.15) is 11.6 Å². The van der Waals surface area contributed by atoms with Crippen LogP contribution in [-0.4, -0.2) is 45.9 Å². The number of hydrogen-bond donors (Lipinski definition) is 1. The first-order valence-electron chi connectivity index (χ1n) is 10.1. The van der Waals surface area contributed by atoms with Gasteiger partial charge in [-0.05, 0) is 43.2 Å². The normalized spacial score (nSPS) is 16.8. The highest BCUT2D eigenvalue weighted by Crippen LogP contribution is 2.28. The van der Waals surface area contributed by atoms with Crippen molar-refractivity contribution in [1.29, 1.82) is 0 Å². The number of piperidine rings is 1. The Balaban J connectivity index is 1.49. The summed E-state index contributed by atoms with van der Waals surface area (Å²) < 4.78 is 6.96. The summed E-state index contributed by atoms with van der Waals surface area (Å²) in [6.07, 6.45) is 1.75. The molecule has 0 aliphatic carbocycles. The van der Waals surface area contributed by atoms with Gasteiger partial charge in [-0.3, -0.25) is 4.79 Å². The van der Waals surface area contributed by atoms with Crippen LogP contribution < -0.4 is 15.0 Å². The summed E-state index contributed by atoms with van der Waals surface area (Å²) in [5.41, 5.74) is 1.39. The molecule has 0 unspecified atom stereocenters. The van der Waals surface area contributed by atoms with E-state index in [-0.39, 0.29) is 17.7 Å². The Kier molecular flexibility index (Phi) is 5.76. The van der Waals surface area contributed by atoms with E-state index in [0.29, 0.717) is 23.0 Å². The molecule has 3 heterocycles. The van der Waals surface area contributed by atoms with Crippen LogP contribution in [0.15, 0.2) is 30.3 Å². The summed E-state index contributed by atoms with van der Waals surface area (Å²) in [5, 5.41) is 16.6. The van der Waals surface area contributed by atoms with Crippen LogP contribution in [0.4, 0.5) is 11.5 Å². The van der Waals surface area contributed by atoms with Gasteiger partial charge >= 0.3 is 0 Å². The van der Waals surface area contributed by atoms with Crippen LogP contribution in [0, 0.1) is 5.92 Å². The van der Waals surface area contributed by atoms with Crippen LogP contribution >= 0.6 is 11.6 Å². The molecule has 0 radical (unpaired) electrons. The maximum atomic E-state index is 12.9. The third-order valence-corrected chi connectivity index (χ3v) is 5.62. The third-order valence-electron chi connectivity index (χ3n) is 5.32. The van der Waals surface area contributed by atoms with Gasteiger partial charge in [0.25, 0.3) is 0 Å². The van der Waals surface area contributed by atoms with Crippen molar-refractivity contribution >= 4 is 34.7 Å². The molecule has 0 saturated carbocycles. The molecule has 1 N–H and O–H groups in total. The Morgan fingerprint density at radius 3 is 2.83 bits per heavy atom. The number of carbonyl (C=O) groups excluding carboxylic acids is 1. The highest BCUT2D eigenvalue weighted by Gasteiger charge is 2.27.